The first-order chi connectivity index (χ1) is 10.8. The Kier molecular flexibility index (Phi) is 5.05. The van der Waals surface area contributed by atoms with Gasteiger partial charge in [-0.15, -0.1) is 0 Å². The van der Waals surface area contributed by atoms with Gasteiger partial charge in [-0.1, -0.05) is 12.1 Å². The Morgan fingerprint density at radius 2 is 2.09 bits per heavy atom. The van der Waals surface area contributed by atoms with Gasteiger partial charge in [0.1, 0.15) is 0 Å². The third-order valence-corrected chi connectivity index (χ3v) is 3.33. The molecule has 1 atom stereocenters. The Labute approximate surface area is 130 Å². The van der Waals surface area contributed by atoms with E-state index in [1.807, 2.05) is 0 Å². The van der Waals surface area contributed by atoms with Gasteiger partial charge < -0.3 is 14.7 Å². The van der Waals surface area contributed by atoms with E-state index >= 15 is 0 Å². The zero-order valence-electron chi connectivity index (χ0n) is 11.9. The number of amides is 1. The standard InChI is InChI=1S/C15H14F3NO4/c16-15(17,18)11-3-1-2-10(8-11)4-5-13(20)19-6-7-23-9-12(19)14(21)22/h1-5,8,12H,6-7,9H2,(H,21,22)/b5-4+. The van der Waals surface area contributed by atoms with E-state index in [4.69, 9.17) is 9.84 Å². The van der Waals surface area contributed by atoms with Crippen LogP contribution in [0.25, 0.3) is 6.08 Å². The fourth-order valence-corrected chi connectivity index (χ4v) is 2.15. The molecule has 1 aliphatic heterocycles. The number of morpholine rings is 1. The molecule has 2 rings (SSSR count). The van der Waals surface area contributed by atoms with Crippen molar-refractivity contribution in [2.75, 3.05) is 19.8 Å². The average molecular weight is 329 g/mol. The van der Waals surface area contributed by atoms with Gasteiger partial charge in [-0.25, -0.2) is 4.79 Å². The van der Waals surface area contributed by atoms with Gasteiger partial charge in [0.25, 0.3) is 0 Å². The summed E-state index contributed by atoms with van der Waals surface area (Å²) in [5.41, 5.74) is -0.616. The van der Waals surface area contributed by atoms with Crippen LogP contribution >= 0.6 is 0 Å². The molecule has 1 heterocycles. The van der Waals surface area contributed by atoms with Gasteiger partial charge in [0.15, 0.2) is 6.04 Å². The molecular formula is C15H14F3NO4. The average Bonchev–Trinajstić information content (AvgIpc) is 2.52. The van der Waals surface area contributed by atoms with Crippen molar-refractivity contribution in [1.29, 1.82) is 0 Å². The van der Waals surface area contributed by atoms with Crippen molar-refractivity contribution in [3.05, 3.63) is 41.5 Å². The summed E-state index contributed by atoms with van der Waals surface area (Å²) in [5.74, 6) is -1.77. The number of carbonyl (C=O) groups excluding carboxylic acids is 1. The monoisotopic (exact) mass is 329 g/mol. The van der Waals surface area contributed by atoms with Gasteiger partial charge in [0.05, 0.1) is 18.8 Å². The highest BCUT2D eigenvalue weighted by molar-refractivity contribution is 5.94. The van der Waals surface area contributed by atoms with Crippen LogP contribution in [-0.4, -0.2) is 47.7 Å². The SMILES string of the molecule is O=C(O)C1COCCN1C(=O)/C=C/c1cccc(C(F)(F)F)c1. The molecule has 124 valence electrons. The summed E-state index contributed by atoms with van der Waals surface area (Å²) >= 11 is 0. The molecule has 0 aliphatic carbocycles. The van der Waals surface area contributed by atoms with E-state index < -0.39 is 29.7 Å². The van der Waals surface area contributed by atoms with Crippen molar-refractivity contribution >= 4 is 18.0 Å². The lowest BCUT2D eigenvalue weighted by atomic mass is 10.1. The van der Waals surface area contributed by atoms with Gasteiger partial charge in [-0.05, 0) is 23.8 Å². The lowest BCUT2D eigenvalue weighted by Crippen LogP contribution is -2.52. The van der Waals surface area contributed by atoms with Crippen LogP contribution in [0.2, 0.25) is 0 Å². The molecule has 1 aromatic carbocycles. The van der Waals surface area contributed by atoms with Gasteiger partial charge in [-0.2, -0.15) is 13.2 Å². The highest BCUT2D eigenvalue weighted by atomic mass is 19.4. The number of benzene rings is 1. The predicted molar refractivity (Wildman–Crippen MR) is 74.4 cm³/mol. The molecular weight excluding hydrogens is 315 g/mol. The van der Waals surface area contributed by atoms with E-state index in [1.54, 1.807) is 0 Å². The third kappa shape index (κ3) is 4.32. The number of alkyl halides is 3. The molecule has 23 heavy (non-hydrogen) atoms. The number of halogens is 3. The second-order valence-electron chi connectivity index (χ2n) is 4.92. The summed E-state index contributed by atoms with van der Waals surface area (Å²) in [6, 6.07) is 3.41. The van der Waals surface area contributed by atoms with Crippen LogP contribution in [0, 0.1) is 0 Å². The Hall–Kier alpha value is -2.35. The number of hydrogen-bond donors (Lipinski definition) is 1. The summed E-state index contributed by atoms with van der Waals surface area (Å²) in [5, 5.41) is 9.05. The predicted octanol–water partition coefficient (Wildman–Crippen LogP) is 2.03. The number of rotatable bonds is 3. The maximum Gasteiger partial charge on any atom is 0.416 e. The molecule has 8 heteroatoms. The summed E-state index contributed by atoms with van der Waals surface area (Å²) in [4.78, 5) is 24.3. The number of carboxylic acids is 1. The Balaban J connectivity index is 2.13. The van der Waals surface area contributed by atoms with E-state index in [-0.39, 0.29) is 25.3 Å². The van der Waals surface area contributed by atoms with Crippen molar-refractivity contribution in [2.24, 2.45) is 0 Å². The summed E-state index contributed by atoms with van der Waals surface area (Å²) < 4.78 is 42.9. The smallest absolute Gasteiger partial charge is 0.416 e. The highest BCUT2D eigenvalue weighted by Crippen LogP contribution is 2.29. The number of ether oxygens (including phenoxy) is 1. The van der Waals surface area contributed by atoms with Crippen LogP contribution in [0.3, 0.4) is 0 Å². The van der Waals surface area contributed by atoms with Gasteiger partial charge in [0.2, 0.25) is 5.91 Å². The topological polar surface area (TPSA) is 66.8 Å². The Bertz CT molecular complexity index is 627. The van der Waals surface area contributed by atoms with Crippen LogP contribution in [0.5, 0.6) is 0 Å². The van der Waals surface area contributed by atoms with Crippen molar-refractivity contribution in [3.63, 3.8) is 0 Å². The third-order valence-electron chi connectivity index (χ3n) is 3.33. The molecule has 0 radical (unpaired) electrons. The van der Waals surface area contributed by atoms with E-state index in [0.717, 1.165) is 23.1 Å². The number of carbonyl (C=O) groups is 2. The Morgan fingerprint density at radius 1 is 1.35 bits per heavy atom. The van der Waals surface area contributed by atoms with E-state index in [9.17, 15) is 22.8 Å². The largest absolute Gasteiger partial charge is 0.480 e. The number of nitrogens with zero attached hydrogens (tertiary/aromatic N) is 1. The summed E-state index contributed by atoms with van der Waals surface area (Å²) in [6.07, 6.45) is -2.17. The molecule has 5 nitrogen and oxygen atoms in total. The number of hydrogen-bond acceptors (Lipinski definition) is 3. The van der Waals surface area contributed by atoms with Crippen LogP contribution < -0.4 is 0 Å². The lowest BCUT2D eigenvalue weighted by Gasteiger charge is -2.32. The molecule has 1 saturated heterocycles. The maximum atomic E-state index is 12.6. The van der Waals surface area contributed by atoms with Crippen molar-refractivity contribution < 1.29 is 32.6 Å². The molecule has 1 N–H and O–H groups in total. The van der Waals surface area contributed by atoms with Crippen molar-refractivity contribution in [3.8, 4) is 0 Å². The molecule has 1 fully saturated rings. The van der Waals surface area contributed by atoms with Gasteiger partial charge in [0, 0.05) is 12.6 Å². The van der Waals surface area contributed by atoms with Gasteiger partial charge in [-0.3, -0.25) is 4.79 Å². The molecule has 1 aromatic rings. The van der Waals surface area contributed by atoms with Gasteiger partial charge >= 0.3 is 12.1 Å². The van der Waals surface area contributed by atoms with Crippen LogP contribution in [-0.2, 0) is 20.5 Å². The minimum Gasteiger partial charge on any atom is -0.480 e. The molecule has 0 bridgehead atoms. The summed E-state index contributed by atoms with van der Waals surface area (Å²) in [7, 11) is 0. The zero-order chi connectivity index (χ0) is 17.0. The molecule has 0 spiro atoms. The quantitative estimate of drug-likeness (QED) is 0.862. The zero-order valence-corrected chi connectivity index (χ0v) is 11.9. The fourth-order valence-electron chi connectivity index (χ4n) is 2.15. The van der Waals surface area contributed by atoms with Crippen molar-refractivity contribution in [2.45, 2.75) is 12.2 Å². The lowest BCUT2D eigenvalue weighted by molar-refractivity contribution is -0.156. The molecule has 0 aromatic heterocycles. The molecule has 0 saturated carbocycles. The molecule has 1 unspecified atom stereocenters. The van der Waals surface area contributed by atoms with E-state index in [2.05, 4.69) is 0 Å². The molecule has 1 amide bonds. The normalized spacial score (nSPS) is 19.1. The molecule has 1 aliphatic rings. The first-order valence-corrected chi connectivity index (χ1v) is 6.75. The van der Waals surface area contributed by atoms with Crippen LogP contribution in [0.15, 0.2) is 30.3 Å². The fraction of sp³-hybridized carbons (Fsp3) is 0.333. The first kappa shape index (κ1) is 17.0. The minimum atomic E-state index is -4.47. The summed E-state index contributed by atoms with van der Waals surface area (Å²) in [6.45, 7) is 0.216. The number of carboxylic acid groups (broad SMARTS) is 1. The first-order valence-electron chi connectivity index (χ1n) is 6.75. The number of aliphatic carboxylic acids is 1. The van der Waals surface area contributed by atoms with E-state index in [1.165, 1.54) is 18.2 Å². The minimum absolute atomic E-state index is 0.113. The van der Waals surface area contributed by atoms with E-state index in [0.29, 0.717) is 0 Å². The second kappa shape index (κ2) is 6.82. The van der Waals surface area contributed by atoms with Crippen LogP contribution in [0.4, 0.5) is 13.2 Å². The van der Waals surface area contributed by atoms with Crippen LogP contribution in [0.1, 0.15) is 11.1 Å². The second-order valence-corrected chi connectivity index (χ2v) is 4.92. The highest BCUT2D eigenvalue weighted by Gasteiger charge is 2.32. The maximum absolute atomic E-state index is 12.6. The van der Waals surface area contributed by atoms with Crippen molar-refractivity contribution in [1.82, 2.24) is 4.90 Å². The Morgan fingerprint density at radius 3 is 2.74 bits per heavy atom.